The van der Waals surface area contributed by atoms with E-state index in [2.05, 4.69) is 51.8 Å². The fourth-order valence-electron chi connectivity index (χ4n) is 3.37. The van der Waals surface area contributed by atoms with Gasteiger partial charge in [-0.3, -0.25) is 4.79 Å². The maximum absolute atomic E-state index is 11.9. The number of nitrogens with zero attached hydrogens (tertiary/aromatic N) is 3. The standard InChI is InChI=1S/C23H39N5O2/c1-27(2)22(29)19-26-23(24-15-9-14-21-13-7-8-18-30-21)25-16-10-17-28(3)20-11-5-4-6-12-20/h4-6,11-12,21H,7-10,13-19H2,1-3H3,(H2,24,25,26). The Morgan fingerprint density at radius 2 is 1.83 bits per heavy atom. The zero-order chi connectivity index (χ0) is 21.6. The summed E-state index contributed by atoms with van der Waals surface area (Å²) in [5.41, 5.74) is 1.21. The lowest BCUT2D eigenvalue weighted by Gasteiger charge is -2.22. The third-order valence-corrected chi connectivity index (χ3v) is 5.30. The normalized spacial score (nSPS) is 16.8. The van der Waals surface area contributed by atoms with E-state index in [-0.39, 0.29) is 12.5 Å². The molecule has 0 saturated carbocycles. The van der Waals surface area contributed by atoms with Crippen LogP contribution < -0.4 is 15.5 Å². The summed E-state index contributed by atoms with van der Waals surface area (Å²) in [5, 5.41) is 6.74. The fourth-order valence-corrected chi connectivity index (χ4v) is 3.37. The highest BCUT2D eigenvalue weighted by Gasteiger charge is 2.13. The third-order valence-electron chi connectivity index (χ3n) is 5.30. The average Bonchev–Trinajstić information content (AvgIpc) is 2.78. The number of aliphatic imine (C=N–C) groups is 1. The van der Waals surface area contributed by atoms with Crippen LogP contribution >= 0.6 is 0 Å². The van der Waals surface area contributed by atoms with Gasteiger partial charge in [0.1, 0.15) is 6.54 Å². The van der Waals surface area contributed by atoms with Gasteiger partial charge in [-0.1, -0.05) is 18.2 Å². The molecule has 1 atom stereocenters. The zero-order valence-electron chi connectivity index (χ0n) is 18.9. The Morgan fingerprint density at radius 1 is 1.10 bits per heavy atom. The van der Waals surface area contributed by atoms with Gasteiger partial charge in [0.2, 0.25) is 5.91 Å². The fraction of sp³-hybridized carbons (Fsp3) is 0.652. The summed E-state index contributed by atoms with van der Waals surface area (Å²) in [5.74, 6) is 0.702. The van der Waals surface area contributed by atoms with Gasteiger partial charge in [0, 0.05) is 53.1 Å². The van der Waals surface area contributed by atoms with Crippen molar-refractivity contribution in [3.63, 3.8) is 0 Å². The summed E-state index contributed by atoms with van der Waals surface area (Å²) in [7, 11) is 5.61. The number of carbonyl (C=O) groups excluding carboxylic acids is 1. The van der Waals surface area contributed by atoms with E-state index < -0.39 is 0 Å². The minimum Gasteiger partial charge on any atom is -0.378 e. The van der Waals surface area contributed by atoms with Gasteiger partial charge in [0.25, 0.3) is 0 Å². The van der Waals surface area contributed by atoms with Crippen LogP contribution in [0, 0.1) is 0 Å². The number of hydrogen-bond acceptors (Lipinski definition) is 4. The van der Waals surface area contributed by atoms with Crippen molar-refractivity contribution in [3.05, 3.63) is 30.3 Å². The molecule has 30 heavy (non-hydrogen) atoms. The maximum atomic E-state index is 11.9. The maximum Gasteiger partial charge on any atom is 0.243 e. The molecule has 1 aliphatic rings. The molecule has 1 fully saturated rings. The summed E-state index contributed by atoms with van der Waals surface area (Å²) >= 11 is 0. The van der Waals surface area contributed by atoms with Crippen LogP contribution in [-0.2, 0) is 9.53 Å². The van der Waals surface area contributed by atoms with Crippen LogP contribution in [0.25, 0.3) is 0 Å². The van der Waals surface area contributed by atoms with Crippen molar-refractivity contribution < 1.29 is 9.53 Å². The number of nitrogens with one attached hydrogen (secondary N) is 2. The van der Waals surface area contributed by atoms with Crippen LogP contribution in [0.5, 0.6) is 0 Å². The second-order valence-corrected chi connectivity index (χ2v) is 8.05. The molecule has 1 amide bonds. The first-order valence-electron chi connectivity index (χ1n) is 11.2. The number of ether oxygens (including phenoxy) is 1. The Morgan fingerprint density at radius 3 is 2.50 bits per heavy atom. The number of amides is 1. The van der Waals surface area contributed by atoms with E-state index in [0.717, 1.165) is 45.5 Å². The van der Waals surface area contributed by atoms with Gasteiger partial charge in [-0.2, -0.15) is 0 Å². The van der Waals surface area contributed by atoms with Gasteiger partial charge in [-0.15, -0.1) is 0 Å². The molecule has 1 aromatic carbocycles. The van der Waals surface area contributed by atoms with Crippen LogP contribution in [0.4, 0.5) is 5.69 Å². The SMILES string of the molecule is CN(C)C(=O)CN=C(NCCCC1CCCCO1)NCCCN(C)c1ccccc1. The number of hydrogen-bond donors (Lipinski definition) is 2. The Kier molecular flexibility index (Phi) is 11.1. The first-order chi connectivity index (χ1) is 14.6. The number of anilines is 1. The monoisotopic (exact) mass is 417 g/mol. The molecule has 1 unspecified atom stereocenters. The van der Waals surface area contributed by atoms with Gasteiger partial charge in [0.05, 0.1) is 6.10 Å². The molecule has 7 nitrogen and oxygen atoms in total. The van der Waals surface area contributed by atoms with E-state index in [1.807, 2.05) is 6.07 Å². The molecule has 0 radical (unpaired) electrons. The van der Waals surface area contributed by atoms with E-state index >= 15 is 0 Å². The number of guanidine groups is 1. The summed E-state index contributed by atoms with van der Waals surface area (Å²) < 4.78 is 5.80. The lowest BCUT2D eigenvalue weighted by atomic mass is 10.0. The predicted molar refractivity (Wildman–Crippen MR) is 124 cm³/mol. The highest BCUT2D eigenvalue weighted by atomic mass is 16.5. The van der Waals surface area contributed by atoms with E-state index in [9.17, 15) is 4.79 Å². The van der Waals surface area contributed by atoms with Crippen molar-refractivity contribution in [1.29, 1.82) is 0 Å². The van der Waals surface area contributed by atoms with Crippen LogP contribution in [0.2, 0.25) is 0 Å². The number of para-hydroxylation sites is 1. The lowest BCUT2D eigenvalue weighted by Crippen LogP contribution is -2.40. The van der Waals surface area contributed by atoms with E-state index in [0.29, 0.717) is 12.1 Å². The zero-order valence-corrected chi connectivity index (χ0v) is 18.9. The second-order valence-electron chi connectivity index (χ2n) is 8.05. The minimum atomic E-state index is -0.00415. The molecule has 2 N–H and O–H groups in total. The van der Waals surface area contributed by atoms with Crippen molar-refractivity contribution in [1.82, 2.24) is 15.5 Å². The molecule has 168 valence electrons. The van der Waals surface area contributed by atoms with E-state index in [1.165, 1.54) is 24.9 Å². The first-order valence-corrected chi connectivity index (χ1v) is 11.2. The van der Waals surface area contributed by atoms with Crippen molar-refractivity contribution >= 4 is 17.6 Å². The Balaban J connectivity index is 1.72. The average molecular weight is 418 g/mol. The Bertz CT molecular complexity index is 630. The Hall–Kier alpha value is -2.28. The van der Waals surface area contributed by atoms with Crippen LogP contribution in [-0.4, -0.2) is 76.8 Å². The largest absolute Gasteiger partial charge is 0.378 e. The molecule has 1 aromatic rings. The van der Waals surface area contributed by atoms with Crippen LogP contribution in [0.3, 0.4) is 0 Å². The van der Waals surface area contributed by atoms with E-state index in [4.69, 9.17) is 4.74 Å². The van der Waals surface area contributed by atoms with Gasteiger partial charge < -0.3 is 25.2 Å². The molecule has 2 rings (SSSR count). The van der Waals surface area contributed by atoms with Gasteiger partial charge in [0.15, 0.2) is 5.96 Å². The molecule has 1 aliphatic heterocycles. The molecule has 1 heterocycles. The van der Waals surface area contributed by atoms with Crippen LogP contribution in [0.15, 0.2) is 35.3 Å². The molecule has 0 aromatic heterocycles. The summed E-state index contributed by atoms with van der Waals surface area (Å²) in [6.07, 6.45) is 7.11. The third kappa shape index (κ3) is 9.48. The van der Waals surface area contributed by atoms with Crippen molar-refractivity contribution in [2.45, 2.75) is 44.6 Å². The number of likely N-dealkylation sites (N-methyl/N-ethyl adjacent to an activating group) is 1. The molecule has 1 saturated heterocycles. The second kappa shape index (κ2) is 13.9. The smallest absolute Gasteiger partial charge is 0.243 e. The molecule has 0 bridgehead atoms. The highest BCUT2D eigenvalue weighted by molar-refractivity contribution is 5.84. The minimum absolute atomic E-state index is 0.00415. The van der Waals surface area contributed by atoms with Gasteiger partial charge in [-0.25, -0.2) is 4.99 Å². The molecule has 7 heteroatoms. The first kappa shape index (κ1) is 24.0. The predicted octanol–water partition coefficient (Wildman–Crippen LogP) is 2.49. The van der Waals surface area contributed by atoms with Crippen molar-refractivity contribution in [2.75, 3.05) is 58.8 Å². The number of carbonyl (C=O) groups is 1. The van der Waals surface area contributed by atoms with Gasteiger partial charge in [-0.05, 0) is 50.7 Å². The molecule has 0 aliphatic carbocycles. The van der Waals surface area contributed by atoms with Gasteiger partial charge >= 0.3 is 0 Å². The number of benzene rings is 1. The summed E-state index contributed by atoms with van der Waals surface area (Å²) in [4.78, 5) is 20.2. The summed E-state index contributed by atoms with van der Waals surface area (Å²) in [6.45, 7) is 3.62. The molecule has 0 spiro atoms. The van der Waals surface area contributed by atoms with Crippen molar-refractivity contribution in [3.8, 4) is 0 Å². The van der Waals surface area contributed by atoms with Crippen LogP contribution in [0.1, 0.15) is 38.5 Å². The van der Waals surface area contributed by atoms with Crippen molar-refractivity contribution in [2.24, 2.45) is 4.99 Å². The quantitative estimate of drug-likeness (QED) is 0.329. The Labute approximate surface area is 181 Å². The van der Waals surface area contributed by atoms with E-state index in [1.54, 1.807) is 19.0 Å². The highest BCUT2D eigenvalue weighted by Crippen LogP contribution is 2.16. The molecular formula is C23H39N5O2. The molecular weight excluding hydrogens is 378 g/mol. The lowest BCUT2D eigenvalue weighted by molar-refractivity contribution is -0.127. The number of rotatable bonds is 11. The topological polar surface area (TPSA) is 69.2 Å². The summed E-state index contributed by atoms with van der Waals surface area (Å²) in [6, 6.07) is 10.4.